The Kier molecular flexibility index (Phi) is 6.35. The van der Waals surface area contributed by atoms with Gasteiger partial charge in [-0.25, -0.2) is 0 Å². The molecule has 1 fully saturated rings. The average Bonchev–Trinajstić information content (AvgIpc) is 3.13. The summed E-state index contributed by atoms with van der Waals surface area (Å²) in [5, 5.41) is 6.62. The van der Waals surface area contributed by atoms with Crippen molar-refractivity contribution in [2.24, 2.45) is 0 Å². The highest BCUT2D eigenvalue weighted by Gasteiger charge is 2.17. The number of likely N-dealkylation sites (tertiary alicyclic amines) is 1. The normalized spacial score (nSPS) is 14.2. The van der Waals surface area contributed by atoms with Crippen molar-refractivity contribution < 1.29 is 14.1 Å². The Morgan fingerprint density at radius 3 is 2.65 bits per heavy atom. The number of hydrogen-bond donors (Lipinski definition) is 1. The predicted molar refractivity (Wildman–Crippen MR) is 95.3 cm³/mol. The molecule has 0 radical (unpaired) electrons. The number of aromatic nitrogens is 2. The van der Waals surface area contributed by atoms with Gasteiger partial charge in [-0.2, -0.15) is 4.98 Å². The molecule has 0 atom stereocenters. The molecular formula is C19H24N4O3. The summed E-state index contributed by atoms with van der Waals surface area (Å²) in [6, 6.07) is 9.89. The number of benzene rings is 1. The second kappa shape index (κ2) is 9.12. The van der Waals surface area contributed by atoms with Crippen LogP contribution in [0.2, 0.25) is 0 Å². The third-order valence-electron chi connectivity index (χ3n) is 4.43. The molecule has 0 unspecified atom stereocenters. The number of piperidine rings is 1. The maximum Gasteiger partial charge on any atom is 0.241 e. The zero-order valence-corrected chi connectivity index (χ0v) is 14.8. The highest BCUT2D eigenvalue weighted by atomic mass is 16.5. The third kappa shape index (κ3) is 5.40. The maximum atomic E-state index is 12.0. The molecule has 1 N–H and O–H groups in total. The summed E-state index contributed by atoms with van der Waals surface area (Å²) >= 11 is 0. The van der Waals surface area contributed by atoms with E-state index < -0.39 is 0 Å². The first-order valence-electron chi connectivity index (χ1n) is 9.10. The van der Waals surface area contributed by atoms with Gasteiger partial charge in [0.15, 0.2) is 5.82 Å². The Hall–Kier alpha value is -2.70. The van der Waals surface area contributed by atoms with Crippen LogP contribution in [0.15, 0.2) is 34.9 Å². The molecule has 2 amide bonds. The lowest BCUT2D eigenvalue weighted by atomic mass is 10.1. The smallest absolute Gasteiger partial charge is 0.241 e. The molecule has 2 aromatic rings. The van der Waals surface area contributed by atoms with Crippen molar-refractivity contribution in [3.8, 4) is 0 Å². The van der Waals surface area contributed by atoms with Gasteiger partial charge < -0.3 is 14.7 Å². The summed E-state index contributed by atoms with van der Waals surface area (Å²) in [6.07, 6.45) is 4.45. The van der Waals surface area contributed by atoms with Crippen LogP contribution in [0.25, 0.3) is 0 Å². The number of amides is 2. The van der Waals surface area contributed by atoms with Crippen molar-refractivity contribution in [3.05, 3.63) is 47.6 Å². The maximum absolute atomic E-state index is 12.0. The minimum atomic E-state index is -0.182. The molecule has 1 aromatic heterocycles. The standard InChI is InChI=1S/C19H24N4O3/c24-17(20-14-19(25)23-11-5-2-6-12-23)9-10-18-21-16(22-26-18)13-15-7-3-1-4-8-15/h1,3-4,7-8H,2,5-6,9-14H2,(H,20,24). The van der Waals surface area contributed by atoms with Gasteiger partial charge in [-0.3, -0.25) is 9.59 Å². The molecule has 0 spiro atoms. The minimum Gasteiger partial charge on any atom is -0.347 e. The molecule has 2 heterocycles. The minimum absolute atomic E-state index is 0.0130. The number of carbonyl (C=O) groups excluding carboxylic acids is 2. The van der Waals surface area contributed by atoms with Crippen LogP contribution in [0.1, 0.15) is 43.0 Å². The Bertz CT molecular complexity index is 723. The van der Waals surface area contributed by atoms with Crippen LogP contribution in [-0.2, 0) is 22.4 Å². The van der Waals surface area contributed by atoms with Gasteiger partial charge in [-0.1, -0.05) is 35.5 Å². The summed E-state index contributed by atoms with van der Waals surface area (Å²) in [6.45, 7) is 1.64. The largest absolute Gasteiger partial charge is 0.347 e. The van der Waals surface area contributed by atoms with Gasteiger partial charge in [0.25, 0.3) is 0 Å². The molecule has 26 heavy (non-hydrogen) atoms. The highest BCUT2D eigenvalue weighted by molar-refractivity contribution is 5.84. The van der Waals surface area contributed by atoms with E-state index in [1.54, 1.807) is 0 Å². The van der Waals surface area contributed by atoms with E-state index in [1.165, 1.54) is 6.42 Å². The molecule has 3 rings (SSSR count). The number of carbonyl (C=O) groups is 2. The van der Waals surface area contributed by atoms with Crippen molar-refractivity contribution in [3.63, 3.8) is 0 Å². The summed E-state index contributed by atoms with van der Waals surface area (Å²) in [5.41, 5.74) is 1.11. The fourth-order valence-corrected chi connectivity index (χ4v) is 2.98. The predicted octanol–water partition coefficient (Wildman–Crippen LogP) is 1.72. The van der Waals surface area contributed by atoms with Crippen molar-refractivity contribution in [2.75, 3.05) is 19.6 Å². The van der Waals surface area contributed by atoms with E-state index in [1.807, 2.05) is 35.2 Å². The lowest BCUT2D eigenvalue weighted by Gasteiger charge is -2.26. The number of nitrogens with zero attached hydrogens (tertiary/aromatic N) is 3. The van der Waals surface area contributed by atoms with Gasteiger partial charge in [0.1, 0.15) is 0 Å². The number of hydrogen-bond acceptors (Lipinski definition) is 5. The summed E-state index contributed by atoms with van der Waals surface area (Å²) in [5.74, 6) is 0.847. The average molecular weight is 356 g/mol. The number of nitrogens with one attached hydrogen (secondary N) is 1. The summed E-state index contributed by atoms with van der Waals surface area (Å²) in [7, 11) is 0. The molecule has 1 aliphatic heterocycles. The van der Waals surface area contributed by atoms with Crippen LogP contribution in [0, 0.1) is 0 Å². The van der Waals surface area contributed by atoms with Crippen molar-refractivity contribution >= 4 is 11.8 Å². The molecule has 1 aliphatic rings. The van der Waals surface area contributed by atoms with E-state index in [0.29, 0.717) is 24.6 Å². The fraction of sp³-hybridized carbons (Fsp3) is 0.474. The van der Waals surface area contributed by atoms with Crippen molar-refractivity contribution in [1.82, 2.24) is 20.4 Å². The van der Waals surface area contributed by atoms with Crippen LogP contribution in [0.3, 0.4) is 0 Å². The van der Waals surface area contributed by atoms with E-state index in [9.17, 15) is 9.59 Å². The van der Waals surface area contributed by atoms with E-state index in [-0.39, 0.29) is 24.8 Å². The molecule has 138 valence electrons. The Morgan fingerprint density at radius 2 is 1.88 bits per heavy atom. The van der Waals surface area contributed by atoms with Crippen LogP contribution in [-0.4, -0.2) is 46.5 Å². The molecular weight excluding hydrogens is 332 g/mol. The monoisotopic (exact) mass is 356 g/mol. The van der Waals surface area contributed by atoms with Crippen molar-refractivity contribution in [2.45, 2.75) is 38.5 Å². The topological polar surface area (TPSA) is 88.3 Å². The highest BCUT2D eigenvalue weighted by Crippen LogP contribution is 2.09. The molecule has 1 saturated heterocycles. The zero-order chi connectivity index (χ0) is 18.2. The van der Waals surface area contributed by atoms with Crippen LogP contribution in [0.5, 0.6) is 0 Å². The van der Waals surface area contributed by atoms with E-state index in [2.05, 4.69) is 15.5 Å². The second-order valence-corrected chi connectivity index (χ2v) is 6.48. The van der Waals surface area contributed by atoms with Gasteiger partial charge in [-0.05, 0) is 24.8 Å². The van der Waals surface area contributed by atoms with Crippen molar-refractivity contribution in [1.29, 1.82) is 0 Å². The lowest BCUT2D eigenvalue weighted by Crippen LogP contribution is -2.42. The first-order chi connectivity index (χ1) is 12.7. The van der Waals surface area contributed by atoms with Crippen LogP contribution >= 0.6 is 0 Å². The molecule has 0 bridgehead atoms. The summed E-state index contributed by atoms with van der Waals surface area (Å²) < 4.78 is 5.19. The number of rotatable bonds is 7. The first kappa shape index (κ1) is 18.1. The van der Waals surface area contributed by atoms with E-state index in [0.717, 1.165) is 31.5 Å². The fourth-order valence-electron chi connectivity index (χ4n) is 2.98. The third-order valence-corrected chi connectivity index (χ3v) is 4.43. The SMILES string of the molecule is O=C(CCc1nc(Cc2ccccc2)no1)NCC(=O)N1CCCCC1. The Labute approximate surface area is 152 Å². The quantitative estimate of drug-likeness (QED) is 0.816. The molecule has 7 nitrogen and oxygen atoms in total. The Balaban J connectivity index is 1.38. The van der Waals surface area contributed by atoms with Gasteiger partial charge in [0.2, 0.25) is 17.7 Å². The molecule has 0 saturated carbocycles. The van der Waals surface area contributed by atoms with Gasteiger partial charge in [-0.15, -0.1) is 0 Å². The summed E-state index contributed by atoms with van der Waals surface area (Å²) in [4.78, 5) is 30.1. The van der Waals surface area contributed by atoms with Gasteiger partial charge in [0, 0.05) is 32.4 Å². The number of aryl methyl sites for hydroxylation is 1. The lowest BCUT2D eigenvalue weighted by molar-refractivity contribution is -0.133. The molecule has 7 heteroatoms. The second-order valence-electron chi connectivity index (χ2n) is 6.48. The zero-order valence-electron chi connectivity index (χ0n) is 14.8. The Morgan fingerprint density at radius 1 is 1.12 bits per heavy atom. The molecule has 0 aliphatic carbocycles. The van der Waals surface area contributed by atoms with Gasteiger partial charge in [0.05, 0.1) is 6.54 Å². The molecule has 1 aromatic carbocycles. The van der Waals surface area contributed by atoms with E-state index >= 15 is 0 Å². The van der Waals surface area contributed by atoms with Gasteiger partial charge >= 0.3 is 0 Å². The van der Waals surface area contributed by atoms with Crippen LogP contribution < -0.4 is 5.32 Å². The first-order valence-corrected chi connectivity index (χ1v) is 9.10. The van der Waals surface area contributed by atoms with Crippen LogP contribution in [0.4, 0.5) is 0 Å². The van der Waals surface area contributed by atoms with E-state index in [4.69, 9.17) is 4.52 Å².